The van der Waals surface area contributed by atoms with Crippen LogP contribution in [0.25, 0.3) is 0 Å². The van der Waals surface area contributed by atoms with Gasteiger partial charge in [0.25, 0.3) is 0 Å². The van der Waals surface area contributed by atoms with Crippen LogP contribution < -0.4 is 4.72 Å². The van der Waals surface area contributed by atoms with Gasteiger partial charge in [-0.05, 0) is 30.0 Å². The number of aromatic nitrogens is 1. The van der Waals surface area contributed by atoms with Gasteiger partial charge < -0.3 is 9.42 Å². The number of amides is 1. The van der Waals surface area contributed by atoms with E-state index in [0.717, 1.165) is 30.1 Å². The molecule has 1 amide bonds. The zero-order valence-corrected chi connectivity index (χ0v) is 19.5. The predicted molar refractivity (Wildman–Crippen MR) is 118 cm³/mol. The van der Waals surface area contributed by atoms with Gasteiger partial charge in [0, 0.05) is 45.2 Å². The molecule has 2 heterocycles. The molecule has 9 heteroatoms. The standard InChI is InChI=1S/C22H32N4O4S/c1-17-15-19(30-24-17)16-25-11-13-26(14-12-25)21(27)9-10-23-31(28,29)20-7-5-18(6-8-20)22(2,3)4/h5-8,15,23H,9-14,16H2,1-4H3. The molecule has 170 valence electrons. The van der Waals surface area contributed by atoms with Crippen molar-refractivity contribution in [1.82, 2.24) is 19.7 Å². The first kappa shape index (κ1) is 23.4. The molecule has 1 aromatic carbocycles. The Kier molecular flexibility index (Phi) is 7.18. The Morgan fingerprint density at radius 1 is 1.13 bits per heavy atom. The van der Waals surface area contributed by atoms with Gasteiger partial charge in [-0.15, -0.1) is 0 Å². The molecule has 8 nitrogen and oxygen atoms in total. The highest BCUT2D eigenvalue weighted by molar-refractivity contribution is 7.89. The third kappa shape index (κ3) is 6.38. The molecular formula is C22H32N4O4S. The number of carbonyl (C=O) groups is 1. The number of benzene rings is 1. The second-order valence-corrected chi connectivity index (χ2v) is 10.8. The molecule has 1 fully saturated rings. The highest BCUT2D eigenvalue weighted by Gasteiger charge is 2.23. The zero-order valence-electron chi connectivity index (χ0n) is 18.7. The fourth-order valence-corrected chi connectivity index (χ4v) is 4.57. The average Bonchev–Trinajstić information content (AvgIpc) is 3.12. The Morgan fingerprint density at radius 3 is 2.32 bits per heavy atom. The fraction of sp³-hybridized carbons (Fsp3) is 0.545. The molecule has 1 aromatic heterocycles. The van der Waals surface area contributed by atoms with E-state index in [1.54, 1.807) is 17.0 Å². The van der Waals surface area contributed by atoms with E-state index in [1.165, 1.54) is 0 Å². The molecule has 31 heavy (non-hydrogen) atoms. The Bertz CT molecular complexity index is 985. The lowest BCUT2D eigenvalue weighted by atomic mass is 9.87. The summed E-state index contributed by atoms with van der Waals surface area (Å²) in [6.45, 7) is 11.6. The van der Waals surface area contributed by atoms with Crippen LogP contribution >= 0.6 is 0 Å². The van der Waals surface area contributed by atoms with Crippen molar-refractivity contribution in [3.8, 4) is 0 Å². The van der Waals surface area contributed by atoms with Crippen molar-refractivity contribution in [2.75, 3.05) is 32.7 Å². The highest BCUT2D eigenvalue weighted by Crippen LogP contribution is 2.23. The SMILES string of the molecule is Cc1cc(CN2CCN(C(=O)CCNS(=O)(=O)c3ccc(C(C)(C)C)cc3)CC2)on1. The number of nitrogens with zero attached hydrogens (tertiary/aromatic N) is 3. The largest absolute Gasteiger partial charge is 0.360 e. The second kappa shape index (κ2) is 9.50. The number of aryl methyl sites for hydroxylation is 1. The Hall–Kier alpha value is -2.23. The van der Waals surface area contributed by atoms with Gasteiger partial charge in [0.05, 0.1) is 17.1 Å². The van der Waals surface area contributed by atoms with E-state index in [0.29, 0.717) is 19.6 Å². The quantitative estimate of drug-likeness (QED) is 0.698. The van der Waals surface area contributed by atoms with Crippen LogP contribution in [-0.2, 0) is 26.8 Å². The van der Waals surface area contributed by atoms with Crippen LogP contribution in [0.3, 0.4) is 0 Å². The third-order valence-electron chi connectivity index (χ3n) is 5.44. The van der Waals surface area contributed by atoms with Gasteiger partial charge in [0.1, 0.15) is 0 Å². The van der Waals surface area contributed by atoms with Crippen molar-refractivity contribution in [3.63, 3.8) is 0 Å². The summed E-state index contributed by atoms with van der Waals surface area (Å²) in [4.78, 5) is 16.7. The lowest BCUT2D eigenvalue weighted by Gasteiger charge is -2.34. The Balaban J connectivity index is 1.43. The van der Waals surface area contributed by atoms with Crippen LogP contribution in [0.15, 0.2) is 39.8 Å². The number of piperazine rings is 1. The van der Waals surface area contributed by atoms with E-state index in [9.17, 15) is 13.2 Å². The van der Waals surface area contributed by atoms with Crippen LogP contribution in [0, 0.1) is 6.92 Å². The first-order chi connectivity index (χ1) is 14.5. The van der Waals surface area contributed by atoms with Crippen LogP contribution in [0.4, 0.5) is 0 Å². The van der Waals surface area contributed by atoms with E-state index in [2.05, 4.69) is 35.5 Å². The molecule has 0 radical (unpaired) electrons. The van der Waals surface area contributed by atoms with E-state index in [-0.39, 0.29) is 29.2 Å². The maximum atomic E-state index is 12.5. The normalized spacial score (nSPS) is 15.9. The van der Waals surface area contributed by atoms with E-state index in [1.807, 2.05) is 25.1 Å². The number of rotatable bonds is 7. The van der Waals surface area contributed by atoms with Crippen LogP contribution in [0.5, 0.6) is 0 Å². The van der Waals surface area contributed by atoms with Crippen molar-refractivity contribution in [3.05, 3.63) is 47.3 Å². The van der Waals surface area contributed by atoms with Gasteiger partial charge in [0.15, 0.2) is 5.76 Å². The molecule has 0 saturated carbocycles. The highest BCUT2D eigenvalue weighted by atomic mass is 32.2. The van der Waals surface area contributed by atoms with Crippen LogP contribution in [0.2, 0.25) is 0 Å². The van der Waals surface area contributed by atoms with E-state index < -0.39 is 10.0 Å². The van der Waals surface area contributed by atoms with Crippen LogP contribution in [0.1, 0.15) is 44.2 Å². The molecule has 0 atom stereocenters. The molecule has 0 bridgehead atoms. The molecule has 0 unspecified atom stereocenters. The van der Waals surface area contributed by atoms with Crippen molar-refractivity contribution in [2.45, 2.75) is 51.0 Å². The van der Waals surface area contributed by atoms with Crippen molar-refractivity contribution in [2.24, 2.45) is 0 Å². The predicted octanol–water partition coefficient (Wildman–Crippen LogP) is 2.29. The minimum absolute atomic E-state index is 0.0408. The fourth-order valence-electron chi connectivity index (χ4n) is 3.53. The molecule has 1 N–H and O–H groups in total. The van der Waals surface area contributed by atoms with Gasteiger partial charge in [-0.1, -0.05) is 38.1 Å². The van der Waals surface area contributed by atoms with Gasteiger partial charge in [-0.2, -0.15) is 0 Å². The molecule has 0 aliphatic carbocycles. The third-order valence-corrected chi connectivity index (χ3v) is 6.92. The van der Waals surface area contributed by atoms with Gasteiger partial charge in [-0.3, -0.25) is 9.69 Å². The summed E-state index contributed by atoms with van der Waals surface area (Å²) in [5, 5.41) is 3.89. The lowest BCUT2D eigenvalue weighted by molar-refractivity contribution is -0.132. The summed E-state index contributed by atoms with van der Waals surface area (Å²) < 4.78 is 32.8. The molecular weight excluding hydrogens is 416 g/mol. The summed E-state index contributed by atoms with van der Waals surface area (Å²) in [6, 6.07) is 8.80. The first-order valence-electron chi connectivity index (χ1n) is 10.6. The summed E-state index contributed by atoms with van der Waals surface area (Å²) >= 11 is 0. The minimum atomic E-state index is -3.64. The van der Waals surface area contributed by atoms with Gasteiger partial charge in [0.2, 0.25) is 15.9 Å². The summed E-state index contributed by atoms with van der Waals surface area (Å²) in [6.07, 6.45) is 0.139. The topological polar surface area (TPSA) is 95.8 Å². The molecule has 1 saturated heterocycles. The number of sulfonamides is 1. The number of carbonyl (C=O) groups excluding carboxylic acids is 1. The molecule has 1 aliphatic heterocycles. The summed E-state index contributed by atoms with van der Waals surface area (Å²) in [7, 11) is -3.64. The summed E-state index contributed by atoms with van der Waals surface area (Å²) in [5.41, 5.74) is 1.88. The number of nitrogens with one attached hydrogen (secondary N) is 1. The van der Waals surface area contributed by atoms with Crippen LogP contribution in [-0.4, -0.2) is 62.0 Å². The molecule has 1 aliphatic rings. The monoisotopic (exact) mass is 448 g/mol. The Morgan fingerprint density at radius 2 is 1.77 bits per heavy atom. The molecule has 3 rings (SSSR count). The van der Waals surface area contributed by atoms with E-state index >= 15 is 0 Å². The Labute approximate surface area is 184 Å². The maximum Gasteiger partial charge on any atom is 0.240 e. The lowest BCUT2D eigenvalue weighted by Crippen LogP contribution is -2.48. The first-order valence-corrected chi connectivity index (χ1v) is 12.1. The van der Waals surface area contributed by atoms with Crippen molar-refractivity contribution in [1.29, 1.82) is 0 Å². The number of hydrogen-bond donors (Lipinski definition) is 1. The molecule has 2 aromatic rings. The maximum absolute atomic E-state index is 12.5. The minimum Gasteiger partial charge on any atom is -0.360 e. The second-order valence-electron chi connectivity index (χ2n) is 9.01. The van der Waals surface area contributed by atoms with E-state index in [4.69, 9.17) is 4.52 Å². The zero-order chi connectivity index (χ0) is 22.6. The van der Waals surface area contributed by atoms with Crippen molar-refractivity contribution < 1.29 is 17.7 Å². The average molecular weight is 449 g/mol. The van der Waals surface area contributed by atoms with Gasteiger partial charge in [-0.25, -0.2) is 13.1 Å². The van der Waals surface area contributed by atoms with Crippen molar-refractivity contribution >= 4 is 15.9 Å². The smallest absolute Gasteiger partial charge is 0.240 e. The summed E-state index contributed by atoms with van der Waals surface area (Å²) in [5.74, 6) is 0.781. The van der Waals surface area contributed by atoms with Gasteiger partial charge >= 0.3 is 0 Å². The molecule has 0 spiro atoms. The number of hydrogen-bond acceptors (Lipinski definition) is 6.